The molecule has 0 saturated carbocycles. The molecule has 0 N–H and O–H groups in total. The van der Waals surface area contributed by atoms with Crippen molar-refractivity contribution in [2.45, 2.75) is 90.4 Å². The number of piperidine rings is 1. The fraction of sp³-hybridized carbons (Fsp3) is 0.640. The maximum absolute atomic E-state index is 11.8. The van der Waals surface area contributed by atoms with E-state index in [-0.39, 0.29) is 5.97 Å². The molecule has 0 amide bonds. The van der Waals surface area contributed by atoms with Gasteiger partial charge in [0.2, 0.25) is 0 Å². The lowest BCUT2D eigenvalue weighted by Gasteiger charge is -2.24. The van der Waals surface area contributed by atoms with Gasteiger partial charge in [-0.2, -0.15) is 0 Å². The highest BCUT2D eigenvalue weighted by Crippen LogP contribution is 2.10. The van der Waals surface area contributed by atoms with Crippen LogP contribution < -0.4 is 0 Å². The zero-order valence-corrected chi connectivity index (χ0v) is 18.0. The second-order valence-electron chi connectivity index (χ2n) is 7.43. The summed E-state index contributed by atoms with van der Waals surface area (Å²) in [5.74, 6) is -0.0854. The molecule has 1 aliphatic rings. The van der Waals surface area contributed by atoms with Crippen LogP contribution in [0.1, 0.15) is 90.4 Å². The number of hydroxylamine groups is 2. The van der Waals surface area contributed by atoms with Crippen LogP contribution in [0.4, 0.5) is 0 Å². The van der Waals surface area contributed by atoms with Crippen molar-refractivity contribution in [3.8, 4) is 0 Å². The van der Waals surface area contributed by atoms with Crippen molar-refractivity contribution < 1.29 is 9.63 Å². The number of unbranched alkanes of at least 4 members (excludes halogenated alkanes) is 4. The van der Waals surface area contributed by atoms with Crippen LogP contribution in [0.15, 0.2) is 48.6 Å². The Labute approximate surface area is 173 Å². The molecule has 0 aromatic rings. The highest BCUT2D eigenvalue weighted by Gasteiger charge is 2.14. The lowest BCUT2D eigenvalue weighted by Crippen LogP contribution is -2.32. The van der Waals surface area contributed by atoms with E-state index in [0.29, 0.717) is 6.42 Å². The largest absolute Gasteiger partial charge is 0.368 e. The molecule has 3 heteroatoms. The maximum Gasteiger partial charge on any atom is 0.325 e. The molecule has 1 aliphatic heterocycles. The van der Waals surface area contributed by atoms with E-state index in [1.807, 2.05) is 5.06 Å². The van der Waals surface area contributed by atoms with Gasteiger partial charge in [-0.15, -0.1) is 5.06 Å². The summed E-state index contributed by atoms with van der Waals surface area (Å²) in [5.41, 5.74) is 0. The molecule has 0 unspecified atom stereocenters. The van der Waals surface area contributed by atoms with Crippen molar-refractivity contribution >= 4 is 5.97 Å². The molecule has 1 fully saturated rings. The van der Waals surface area contributed by atoms with Gasteiger partial charge >= 0.3 is 5.97 Å². The molecule has 158 valence electrons. The Morgan fingerprint density at radius 3 is 1.86 bits per heavy atom. The summed E-state index contributed by atoms with van der Waals surface area (Å²) in [4.78, 5) is 17.1. The second-order valence-corrected chi connectivity index (χ2v) is 7.43. The summed E-state index contributed by atoms with van der Waals surface area (Å²) < 4.78 is 0. The third-order valence-electron chi connectivity index (χ3n) is 4.76. The van der Waals surface area contributed by atoms with Crippen molar-refractivity contribution in [3.05, 3.63) is 48.6 Å². The SMILES string of the molecule is CCCCCC=CCC=CCC=CCC=CCCCC(=O)ON1CCCCC1. The molecule has 3 nitrogen and oxygen atoms in total. The molecule has 0 atom stereocenters. The van der Waals surface area contributed by atoms with Crippen molar-refractivity contribution in [1.82, 2.24) is 5.06 Å². The summed E-state index contributed by atoms with van der Waals surface area (Å²) in [5, 5.41) is 1.82. The second kappa shape index (κ2) is 18.7. The first kappa shape index (κ1) is 24.4. The molecule has 0 radical (unpaired) electrons. The fourth-order valence-corrected chi connectivity index (χ4v) is 3.07. The number of nitrogens with zero attached hydrogens (tertiary/aromatic N) is 1. The van der Waals surface area contributed by atoms with Gasteiger partial charge in [0.1, 0.15) is 0 Å². The molecule has 0 aromatic heterocycles. The van der Waals surface area contributed by atoms with Crippen LogP contribution >= 0.6 is 0 Å². The van der Waals surface area contributed by atoms with E-state index in [9.17, 15) is 4.79 Å². The molecule has 1 saturated heterocycles. The molecule has 1 heterocycles. The third-order valence-corrected chi connectivity index (χ3v) is 4.76. The Hall–Kier alpha value is -1.61. The average molecular weight is 388 g/mol. The number of rotatable bonds is 15. The number of hydrogen-bond donors (Lipinski definition) is 0. The number of hydrogen-bond acceptors (Lipinski definition) is 3. The third kappa shape index (κ3) is 15.4. The van der Waals surface area contributed by atoms with Gasteiger partial charge in [0.05, 0.1) is 0 Å². The first-order valence-electron chi connectivity index (χ1n) is 11.4. The monoisotopic (exact) mass is 387 g/mol. The van der Waals surface area contributed by atoms with E-state index >= 15 is 0 Å². The average Bonchev–Trinajstić information content (AvgIpc) is 2.71. The van der Waals surface area contributed by atoms with E-state index in [0.717, 1.165) is 58.0 Å². The van der Waals surface area contributed by atoms with Gasteiger partial charge in [-0.3, -0.25) is 4.79 Å². The van der Waals surface area contributed by atoms with Crippen LogP contribution in [0.2, 0.25) is 0 Å². The van der Waals surface area contributed by atoms with Gasteiger partial charge in [-0.05, 0) is 57.8 Å². The predicted molar refractivity (Wildman–Crippen MR) is 120 cm³/mol. The molecule has 0 aromatic carbocycles. The number of carbonyl (C=O) groups excluding carboxylic acids is 1. The molecule has 0 aliphatic carbocycles. The Bertz CT molecular complexity index is 485. The smallest absolute Gasteiger partial charge is 0.325 e. The van der Waals surface area contributed by atoms with Crippen molar-refractivity contribution in [1.29, 1.82) is 0 Å². The summed E-state index contributed by atoms with van der Waals surface area (Å²) in [7, 11) is 0. The maximum atomic E-state index is 11.8. The van der Waals surface area contributed by atoms with E-state index in [2.05, 4.69) is 55.5 Å². The summed E-state index contributed by atoms with van der Waals surface area (Å²) in [6.07, 6.45) is 31.8. The molecule has 28 heavy (non-hydrogen) atoms. The van der Waals surface area contributed by atoms with E-state index < -0.39 is 0 Å². The first-order valence-corrected chi connectivity index (χ1v) is 11.4. The predicted octanol–water partition coefficient (Wildman–Crippen LogP) is 7.08. The standard InChI is InChI=1S/C25H41NO2/c1-2-3-4-5-6-7-8-9-10-11-12-13-14-15-16-17-19-22-25(27)28-26-23-20-18-21-24-26/h6-7,9-10,12-13,15-16H,2-5,8,11,14,17-24H2,1H3. The minimum Gasteiger partial charge on any atom is -0.368 e. The first-order chi connectivity index (χ1) is 13.8. The normalized spacial score (nSPS) is 16.2. The van der Waals surface area contributed by atoms with E-state index in [4.69, 9.17) is 4.84 Å². The fourth-order valence-electron chi connectivity index (χ4n) is 3.07. The van der Waals surface area contributed by atoms with Gasteiger partial charge in [-0.1, -0.05) is 74.8 Å². The van der Waals surface area contributed by atoms with Crippen molar-refractivity contribution in [2.75, 3.05) is 13.1 Å². The van der Waals surface area contributed by atoms with Crippen molar-refractivity contribution in [2.24, 2.45) is 0 Å². The van der Waals surface area contributed by atoms with Crippen LogP contribution in [0.25, 0.3) is 0 Å². The lowest BCUT2D eigenvalue weighted by molar-refractivity contribution is -0.194. The van der Waals surface area contributed by atoms with Gasteiger partial charge in [-0.25, -0.2) is 0 Å². The summed E-state index contributed by atoms with van der Waals surface area (Å²) >= 11 is 0. The Balaban J connectivity index is 1.91. The van der Waals surface area contributed by atoms with E-state index in [1.165, 1.54) is 32.1 Å². The van der Waals surface area contributed by atoms with Crippen LogP contribution in [0.5, 0.6) is 0 Å². The van der Waals surface area contributed by atoms with Gasteiger partial charge in [0.15, 0.2) is 0 Å². The Kier molecular flexibility index (Phi) is 16.3. The Morgan fingerprint density at radius 2 is 1.29 bits per heavy atom. The van der Waals surface area contributed by atoms with Crippen molar-refractivity contribution in [3.63, 3.8) is 0 Å². The number of carbonyl (C=O) groups is 1. The zero-order valence-electron chi connectivity index (χ0n) is 18.0. The lowest BCUT2D eigenvalue weighted by atomic mass is 10.2. The quantitative estimate of drug-likeness (QED) is 0.222. The molecule has 1 rings (SSSR count). The minimum atomic E-state index is -0.0854. The number of allylic oxidation sites excluding steroid dienone is 8. The van der Waals surface area contributed by atoms with Gasteiger partial charge < -0.3 is 4.84 Å². The Morgan fingerprint density at radius 1 is 0.750 bits per heavy atom. The van der Waals surface area contributed by atoms with Crippen LogP contribution in [-0.2, 0) is 9.63 Å². The summed E-state index contributed by atoms with van der Waals surface area (Å²) in [6, 6.07) is 0. The summed E-state index contributed by atoms with van der Waals surface area (Å²) in [6.45, 7) is 4.03. The topological polar surface area (TPSA) is 29.5 Å². The zero-order chi connectivity index (χ0) is 20.1. The van der Waals surface area contributed by atoms with E-state index in [1.54, 1.807) is 0 Å². The van der Waals surface area contributed by atoms with Crippen LogP contribution in [0.3, 0.4) is 0 Å². The van der Waals surface area contributed by atoms with Gasteiger partial charge in [0.25, 0.3) is 0 Å². The highest BCUT2D eigenvalue weighted by atomic mass is 16.7. The molecular formula is C25H41NO2. The molecular weight excluding hydrogens is 346 g/mol. The van der Waals surface area contributed by atoms with Crippen LogP contribution in [0, 0.1) is 0 Å². The van der Waals surface area contributed by atoms with Gasteiger partial charge in [0, 0.05) is 19.5 Å². The highest BCUT2D eigenvalue weighted by molar-refractivity contribution is 5.68. The minimum absolute atomic E-state index is 0.0854. The molecule has 0 bridgehead atoms. The molecule has 0 spiro atoms. The van der Waals surface area contributed by atoms with Crippen LogP contribution in [-0.4, -0.2) is 24.1 Å².